The summed E-state index contributed by atoms with van der Waals surface area (Å²) in [5.41, 5.74) is 0.343. The summed E-state index contributed by atoms with van der Waals surface area (Å²) in [5, 5.41) is 3.00. The molecule has 0 amide bonds. The molecule has 0 bridgehead atoms. The van der Waals surface area contributed by atoms with Crippen molar-refractivity contribution in [2.45, 2.75) is 19.1 Å². The third-order valence-electron chi connectivity index (χ3n) is 3.27. The first kappa shape index (κ1) is 14.3. The minimum Gasteiger partial charge on any atom is -0.314 e. The van der Waals surface area contributed by atoms with Crippen LogP contribution in [0.5, 0.6) is 0 Å². The summed E-state index contributed by atoms with van der Waals surface area (Å²) < 4.78 is 53.6. The van der Waals surface area contributed by atoms with E-state index in [1.165, 1.54) is 17.0 Å². The second-order valence-electron chi connectivity index (χ2n) is 4.76. The Morgan fingerprint density at radius 2 is 1.84 bits per heavy atom. The maximum absolute atomic E-state index is 13.8. The summed E-state index contributed by atoms with van der Waals surface area (Å²) in [6.07, 6.45) is -4.48. The van der Waals surface area contributed by atoms with Crippen LogP contribution in [0.3, 0.4) is 0 Å². The highest BCUT2D eigenvalue weighted by Crippen LogP contribution is 2.39. The highest BCUT2D eigenvalue weighted by Gasteiger charge is 2.46. The van der Waals surface area contributed by atoms with Crippen LogP contribution < -0.4 is 5.32 Å². The van der Waals surface area contributed by atoms with Crippen molar-refractivity contribution in [3.8, 4) is 0 Å². The van der Waals surface area contributed by atoms with Crippen molar-refractivity contribution in [3.05, 3.63) is 35.1 Å². The number of hydrogen-bond acceptors (Lipinski definition) is 2. The number of hydrogen-bond donors (Lipinski definition) is 1. The van der Waals surface area contributed by atoms with Crippen LogP contribution in [0, 0.1) is 12.7 Å². The van der Waals surface area contributed by atoms with Gasteiger partial charge in [0.2, 0.25) is 0 Å². The number of halogens is 4. The molecule has 6 heteroatoms. The predicted molar refractivity (Wildman–Crippen MR) is 64.4 cm³/mol. The fraction of sp³-hybridized carbons (Fsp3) is 0.538. The Hall–Kier alpha value is -1.14. The van der Waals surface area contributed by atoms with E-state index in [1.54, 1.807) is 6.92 Å². The van der Waals surface area contributed by atoms with Crippen molar-refractivity contribution in [2.75, 3.05) is 26.2 Å². The standard InChI is InChI=1S/C13H16F4N2/c1-9-2-3-11(14)10(8-9)12(13(15,16)17)19-6-4-18-5-7-19/h2-3,8,12,18H,4-7H2,1H3/t12-/m0/s1. The summed E-state index contributed by atoms with van der Waals surface area (Å²) in [6.45, 7) is 3.16. The van der Waals surface area contributed by atoms with Crippen LogP contribution in [-0.2, 0) is 0 Å². The molecule has 0 aromatic heterocycles. The first-order chi connectivity index (χ1) is 8.89. The second kappa shape index (κ2) is 5.46. The zero-order valence-electron chi connectivity index (χ0n) is 10.6. The van der Waals surface area contributed by atoms with E-state index in [-0.39, 0.29) is 18.7 Å². The van der Waals surface area contributed by atoms with Crippen molar-refractivity contribution >= 4 is 0 Å². The largest absolute Gasteiger partial charge is 0.408 e. The van der Waals surface area contributed by atoms with E-state index < -0.39 is 18.0 Å². The highest BCUT2D eigenvalue weighted by atomic mass is 19.4. The van der Waals surface area contributed by atoms with Crippen molar-refractivity contribution in [1.29, 1.82) is 0 Å². The first-order valence-electron chi connectivity index (χ1n) is 6.17. The molecule has 1 saturated heterocycles. The van der Waals surface area contributed by atoms with E-state index in [0.717, 1.165) is 6.07 Å². The molecule has 1 atom stereocenters. The minimum absolute atomic E-state index is 0.261. The topological polar surface area (TPSA) is 15.3 Å². The molecule has 0 aliphatic carbocycles. The third-order valence-corrected chi connectivity index (χ3v) is 3.27. The molecule has 0 saturated carbocycles. The minimum atomic E-state index is -4.48. The summed E-state index contributed by atoms with van der Waals surface area (Å²) >= 11 is 0. The molecule has 1 aliphatic heterocycles. The lowest BCUT2D eigenvalue weighted by Crippen LogP contribution is -2.49. The second-order valence-corrected chi connectivity index (χ2v) is 4.76. The Bertz CT molecular complexity index is 439. The first-order valence-corrected chi connectivity index (χ1v) is 6.17. The number of rotatable bonds is 2. The Morgan fingerprint density at radius 1 is 1.21 bits per heavy atom. The van der Waals surface area contributed by atoms with Gasteiger partial charge in [0.05, 0.1) is 0 Å². The molecular weight excluding hydrogens is 260 g/mol. The van der Waals surface area contributed by atoms with Crippen LogP contribution >= 0.6 is 0 Å². The van der Waals surface area contributed by atoms with E-state index in [9.17, 15) is 17.6 Å². The van der Waals surface area contributed by atoms with Gasteiger partial charge in [-0.2, -0.15) is 13.2 Å². The van der Waals surface area contributed by atoms with Gasteiger partial charge in [-0.15, -0.1) is 0 Å². The van der Waals surface area contributed by atoms with Crippen molar-refractivity contribution in [2.24, 2.45) is 0 Å². The maximum Gasteiger partial charge on any atom is 0.408 e. The number of piperazine rings is 1. The lowest BCUT2D eigenvalue weighted by atomic mass is 10.0. The van der Waals surface area contributed by atoms with Gasteiger partial charge in [-0.25, -0.2) is 4.39 Å². The monoisotopic (exact) mass is 276 g/mol. The molecule has 1 heterocycles. The van der Waals surface area contributed by atoms with Crippen LogP contribution in [0.1, 0.15) is 17.2 Å². The van der Waals surface area contributed by atoms with Crippen LogP contribution in [0.2, 0.25) is 0 Å². The number of nitrogens with one attached hydrogen (secondary N) is 1. The lowest BCUT2D eigenvalue weighted by molar-refractivity contribution is -0.188. The molecule has 0 radical (unpaired) electrons. The van der Waals surface area contributed by atoms with Gasteiger partial charge in [-0.3, -0.25) is 4.90 Å². The Kier molecular flexibility index (Phi) is 4.10. The highest BCUT2D eigenvalue weighted by molar-refractivity contribution is 5.28. The molecule has 2 rings (SSSR count). The SMILES string of the molecule is Cc1ccc(F)c([C@H](N2CCNCC2)C(F)(F)F)c1. The zero-order valence-corrected chi connectivity index (χ0v) is 10.6. The molecule has 0 unspecified atom stereocenters. The molecule has 106 valence electrons. The number of aryl methyl sites for hydroxylation is 1. The van der Waals surface area contributed by atoms with Crippen LogP contribution in [0.4, 0.5) is 17.6 Å². The summed E-state index contributed by atoms with van der Waals surface area (Å²) in [5.74, 6) is -0.800. The quantitative estimate of drug-likeness (QED) is 0.835. The van der Waals surface area contributed by atoms with Crippen LogP contribution in [0.25, 0.3) is 0 Å². The summed E-state index contributed by atoms with van der Waals surface area (Å²) in [6, 6.07) is 2.00. The predicted octanol–water partition coefficient (Wildman–Crippen LogP) is 2.64. The van der Waals surface area contributed by atoms with E-state index in [4.69, 9.17) is 0 Å². The van der Waals surface area contributed by atoms with Crippen molar-refractivity contribution in [3.63, 3.8) is 0 Å². The lowest BCUT2D eigenvalue weighted by Gasteiger charge is -2.36. The van der Waals surface area contributed by atoms with Crippen LogP contribution in [0.15, 0.2) is 18.2 Å². The van der Waals surface area contributed by atoms with Gasteiger partial charge in [0.25, 0.3) is 0 Å². The van der Waals surface area contributed by atoms with Gasteiger partial charge in [0.15, 0.2) is 0 Å². The molecule has 1 N–H and O–H groups in total. The number of nitrogens with zero attached hydrogens (tertiary/aromatic N) is 1. The molecule has 2 nitrogen and oxygen atoms in total. The average molecular weight is 276 g/mol. The third kappa shape index (κ3) is 3.25. The molecule has 1 fully saturated rings. The Balaban J connectivity index is 2.39. The van der Waals surface area contributed by atoms with E-state index in [0.29, 0.717) is 18.7 Å². The number of alkyl halides is 3. The average Bonchev–Trinajstić information content (AvgIpc) is 2.33. The van der Waals surface area contributed by atoms with Gasteiger partial charge in [0, 0.05) is 31.7 Å². The van der Waals surface area contributed by atoms with E-state index in [2.05, 4.69) is 5.32 Å². The Morgan fingerprint density at radius 3 is 2.42 bits per heavy atom. The van der Waals surface area contributed by atoms with Gasteiger partial charge in [-0.05, 0) is 13.0 Å². The van der Waals surface area contributed by atoms with Crippen LogP contribution in [-0.4, -0.2) is 37.3 Å². The van der Waals surface area contributed by atoms with E-state index >= 15 is 0 Å². The summed E-state index contributed by atoms with van der Waals surface area (Å²) in [4.78, 5) is 1.29. The van der Waals surface area contributed by atoms with E-state index in [1.807, 2.05) is 0 Å². The smallest absolute Gasteiger partial charge is 0.314 e. The van der Waals surface area contributed by atoms with Gasteiger partial charge in [-0.1, -0.05) is 17.7 Å². The molecule has 19 heavy (non-hydrogen) atoms. The molecule has 1 aromatic rings. The number of benzene rings is 1. The summed E-state index contributed by atoms with van der Waals surface area (Å²) in [7, 11) is 0. The van der Waals surface area contributed by atoms with Crippen molar-refractivity contribution in [1.82, 2.24) is 10.2 Å². The Labute approximate surface area is 109 Å². The molecule has 1 aromatic carbocycles. The van der Waals surface area contributed by atoms with Crippen molar-refractivity contribution < 1.29 is 17.6 Å². The van der Waals surface area contributed by atoms with Gasteiger partial charge >= 0.3 is 6.18 Å². The fourth-order valence-electron chi connectivity index (χ4n) is 2.39. The van der Waals surface area contributed by atoms with Gasteiger partial charge in [0.1, 0.15) is 11.9 Å². The maximum atomic E-state index is 13.8. The zero-order chi connectivity index (χ0) is 14.0. The molecule has 0 spiro atoms. The van der Waals surface area contributed by atoms with Gasteiger partial charge < -0.3 is 5.32 Å². The normalized spacial score (nSPS) is 19.4. The fourth-order valence-corrected chi connectivity index (χ4v) is 2.39. The molecule has 1 aliphatic rings. The molecular formula is C13H16F4N2.